The van der Waals surface area contributed by atoms with Crippen molar-refractivity contribution < 1.29 is 9.66 Å². The molecule has 0 radical (unpaired) electrons. The first-order valence-corrected chi connectivity index (χ1v) is 6.19. The fourth-order valence-electron chi connectivity index (χ4n) is 1.96. The van der Waals surface area contributed by atoms with Crippen molar-refractivity contribution in [2.24, 2.45) is 5.92 Å². The van der Waals surface area contributed by atoms with E-state index in [0.717, 1.165) is 12.8 Å². The van der Waals surface area contributed by atoms with Crippen LogP contribution in [0.15, 0.2) is 18.2 Å². The van der Waals surface area contributed by atoms with Crippen LogP contribution < -0.4 is 5.32 Å². The van der Waals surface area contributed by atoms with E-state index < -0.39 is 4.92 Å². The van der Waals surface area contributed by atoms with Crippen LogP contribution in [0.3, 0.4) is 0 Å². The minimum atomic E-state index is -0.407. The summed E-state index contributed by atoms with van der Waals surface area (Å²) >= 11 is 5.88. The molecule has 1 aromatic carbocycles. The first-order chi connectivity index (χ1) is 8.61. The Balaban J connectivity index is 2.20. The predicted octanol–water partition coefficient (Wildman–Crippen LogP) is 3.09. The van der Waals surface area contributed by atoms with Crippen molar-refractivity contribution in [2.75, 3.05) is 19.0 Å². The summed E-state index contributed by atoms with van der Waals surface area (Å²) in [5, 5.41) is 14.6. The van der Waals surface area contributed by atoms with E-state index in [1.807, 2.05) is 0 Å². The molecule has 98 valence electrons. The molecule has 0 bridgehead atoms. The van der Waals surface area contributed by atoms with Crippen LogP contribution in [0.25, 0.3) is 0 Å². The molecule has 0 saturated heterocycles. The molecule has 1 saturated carbocycles. The van der Waals surface area contributed by atoms with Gasteiger partial charge in [0.1, 0.15) is 5.69 Å². The molecule has 0 spiro atoms. The summed E-state index contributed by atoms with van der Waals surface area (Å²) in [5.41, 5.74) is 0.502. The zero-order valence-corrected chi connectivity index (χ0v) is 10.8. The van der Waals surface area contributed by atoms with E-state index in [1.165, 1.54) is 12.1 Å². The second-order valence-electron chi connectivity index (χ2n) is 4.46. The van der Waals surface area contributed by atoms with Gasteiger partial charge in [0, 0.05) is 18.2 Å². The van der Waals surface area contributed by atoms with Crippen LogP contribution in [0.5, 0.6) is 0 Å². The second-order valence-corrected chi connectivity index (χ2v) is 4.90. The summed E-state index contributed by atoms with van der Waals surface area (Å²) in [6, 6.07) is 4.63. The van der Waals surface area contributed by atoms with Crippen LogP contribution in [-0.2, 0) is 4.74 Å². The number of hydrogen-bond donors (Lipinski definition) is 1. The smallest absolute Gasteiger partial charge is 0.292 e. The first-order valence-electron chi connectivity index (χ1n) is 5.81. The Bertz CT molecular complexity index is 449. The van der Waals surface area contributed by atoms with E-state index in [9.17, 15) is 10.1 Å². The maximum absolute atomic E-state index is 10.9. The Morgan fingerprint density at radius 1 is 1.61 bits per heavy atom. The third-order valence-corrected chi connectivity index (χ3v) is 3.27. The van der Waals surface area contributed by atoms with E-state index >= 15 is 0 Å². The topological polar surface area (TPSA) is 64.4 Å². The van der Waals surface area contributed by atoms with Gasteiger partial charge in [0.05, 0.1) is 17.6 Å². The molecule has 1 N–H and O–H groups in total. The lowest BCUT2D eigenvalue weighted by Gasteiger charge is -2.18. The molecule has 5 nitrogen and oxygen atoms in total. The number of anilines is 1. The molecule has 2 rings (SSSR count). The van der Waals surface area contributed by atoms with Gasteiger partial charge in [-0.25, -0.2) is 0 Å². The second kappa shape index (κ2) is 5.54. The number of rotatable bonds is 6. The van der Waals surface area contributed by atoms with Crippen molar-refractivity contribution in [3.8, 4) is 0 Å². The number of hydrogen-bond acceptors (Lipinski definition) is 4. The zero-order valence-electron chi connectivity index (χ0n) is 10.1. The molecule has 6 heteroatoms. The Kier molecular flexibility index (Phi) is 4.04. The lowest BCUT2D eigenvalue weighted by atomic mass is 10.1. The number of nitrogens with zero attached hydrogens (tertiary/aromatic N) is 1. The predicted molar refractivity (Wildman–Crippen MR) is 70.1 cm³/mol. The van der Waals surface area contributed by atoms with Crippen molar-refractivity contribution in [1.29, 1.82) is 0 Å². The number of benzene rings is 1. The molecule has 0 amide bonds. The van der Waals surface area contributed by atoms with Gasteiger partial charge in [-0.1, -0.05) is 11.6 Å². The Labute approximate surface area is 110 Å². The quantitative estimate of drug-likeness (QED) is 0.637. The molecule has 0 aliphatic heterocycles. The average Bonchev–Trinajstić information content (AvgIpc) is 3.12. The molecule has 1 unspecified atom stereocenters. The van der Waals surface area contributed by atoms with Crippen molar-refractivity contribution in [2.45, 2.75) is 18.9 Å². The molecule has 0 heterocycles. The number of nitrogens with one attached hydrogen (secondary N) is 1. The van der Waals surface area contributed by atoms with Crippen LogP contribution in [0.2, 0.25) is 5.02 Å². The minimum absolute atomic E-state index is 0.0427. The number of nitro benzene ring substituents is 1. The van der Waals surface area contributed by atoms with Gasteiger partial charge >= 0.3 is 0 Å². The van der Waals surface area contributed by atoms with Crippen molar-refractivity contribution in [1.82, 2.24) is 0 Å². The summed E-state index contributed by atoms with van der Waals surface area (Å²) in [5.74, 6) is 0.531. The highest BCUT2D eigenvalue weighted by Gasteiger charge is 2.32. The first kappa shape index (κ1) is 13.1. The third kappa shape index (κ3) is 3.11. The van der Waals surface area contributed by atoms with Gasteiger partial charge in [-0.05, 0) is 30.9 Å². The van der Waals surface area contributed by atoms with Crippen molar-refractivity contribution >= 4 is 23.0 Å². The lowest BCUT2D eigenvalue weighted by molar-refractivity contribution is -0.384. The van der Waals surface area contributed by atoms with Crippen molar-refractivity contribution in [3.63, 3.8) is 0 Å². The van der Waals surface area contributed by atoms with Crippen LogP contribution >= 0.6 is 11.6 Å². The fourth-order valence-corrected chi connectivity index (χ4v) is 2.13. The molecule has 18 heavy (non-hydrogen) atoms. The van der Waals surface area contributed by atoms with E-state index in [0.29, 0.717) is 23.2 Å². The summed E-state index contributed by atoms with van der Waals surface area (Å²) in [4.78, 5) is 10.5. The molecule has 1 aliphatic rings. The highest BCUT2D eigenvalue weighted by atomic mass is 35.5. The number of methoxy groups -OCH3 is 1. The lowest BCUT2D eigenvalue weighted by Crippen LogP contribution is -2.27. The summed E-state index contributed by atoms with van der Waals surface area (Å²) in [6.45, 7) is 0.536. The third-order valence-electron chi connectivity index (χ3n) is 3.03. The molecule has 1 fully saturated rings. The van der Waals surface area contributed by atoms with Gasteiger partial charge in [0.15, 0.2) is 0 Å². The van der Waals surface area contributed by atoms with Crippen LogP contribution in [0.1, 0.15) is 12.8 Å². The Hall–Kier alpha value is -1.33. The standard InChI is InChI=1S/C12H15ClN2O3/c1-18-7-11(8-2-3-8)14-10-6-9(13)4-5-12(10)15(16)17/h4-6,8,11,14H,2-3,7H2,1H3. The number of nitro groups is 1. The van der Waals surface area contributed by atoms with Gasteiger partial charge < -0.3 is 10.1 Å². The molecular weight excluding hydrogens is 256 g/mol. The molecule has 1 atom stereocenters. The highest BCUT2D eigenvalue weighted by molar-refractivity contribution is 6.31. The number of halogens is 1. The van der Waals surface area contributed by atoms with E-state index in [4.69, 9.17) is 16.3 Å². The van der Waals surface area contributed by atoms with Gasteiger partial charge in [-0.3, -0.25) is 10.1 Å². The van der Waals surface area contributed by atoms with Gasteiger partial charge in [-0.2, -0.15) is 0 Å². The van der Waals surface area contributed by atoms with Gasteiger partial charge in [0.2, 0.25) is 0 Å². The summed E-state index contributed by atoms with van der Waals surface area (Å²) < 4.78 is 5.14. The van der Waals surface area contributed by atoms with Gasteiger partial charge in [-0.15, -0.1) is 0 Å². The fraction of sp³-hybridized carbons (Fsp3) is 0.500. The van der Waals surface area contributed by atoms with E-state index in [1.54, 1.807) is 13.2 Å². The Morgan fingerprint density at radius 3 is 2.89 bits per heavy atom. The molecule has 1 aromatic rings. The monoisotopic (exact) mass is 270 g/mol. The van der Waals surface area contributed by atoms with Crippen LogP contribution in [-0.4, -0.2) is 24.7 Å². The largest absolute Gasteiger partial charge is 0.383 e. The van der Waals surface area contributed by atoms with Crippen LogP contribution in [0, 0.1) is 16.0 Å². The Morgan fingerprint density at radius 2 is 2.33 bits per heavy atom. The molecule has 1 aliphatic carbocycles. The maximum Gasteiger partial charge on any atom is 0.292 e. The molecular formula is C12H15ClN2O3. The SMILES string of the molecule is COCC(Nc1cc(Cl)ccc1[N+](=O)[O-])C1CC1. The molecule has 0 aromatic heterocycles. The van der Waals surface area contributed by atoms with Gasteiger partial charge in [0.25, 0.3) is 5.69 Å². The summed E-state index contributed by atoms with van der Waals surface area (Å²) in [6.07, 6.45) is 2.27. The van der Waals surface area contributed by atoms with E-state index in [-0.39, 0.29) is 11.7 Å². The number of ether oxygens (including phenoxy) is 1. The summed E-state index contributed by atoms with van der Waals surface area (Å²) in [7, 11) is 1.63. The van der Waals surface area contributed by atoms with E-state index in [2.05, 4.69) is 5.32 Å². The minimum Gasteiger partial charge on any atom is -0.383 e. The van der Waals surface area contributed by atoms with Crippen molar-refractivity contribution in [3.05, 3.63) is 33.3 Å². The maximum atomic E-state index is 10.9. The normalized spacial score (nSPS) is 16.3. The zero-order chi connectivity index (χ0) is 13.1. The highest BCUT2D eigenvalue weighted by Crippen LogP contribution is 2.36. The average molecular weight is 271 g/mol. The van der Waals surface area contributed by atoms with Crippen LogP contribution in [0.4, 0.5) is 11.4 Å².